The zero-order valence-corrected chi connectivity index (χ0v) is 18.8. The number of hydrogen-bond donors (Lipinski definition) is 2. The van der Waals surface area contributed by atoms with Crippen molar-refractivity contribution >= 4 is 22.7 Å². The minimum absolute atomic E-state index is 0.103. The summed E-state index contributed by atoms with van der Waals surface area (Å²) >= 11 is 0. The Bertz CT molecular complexity index is 1230. The molecule has 4 rings (SSSR count). The van der Waals surface area contributed by atoms with Crippen molar-refractivity contribution in [2.75, 3.05) is 14.1 Å². The van der Waals surface area contributed by atoms with Gasteiger partial charge in [0.15, 0.2) is 11.6 Å². The number of nitrogens with one attached hydrogen (secondary N) is 1. The summed E-state index contributed by atoms with van der Waals surface area (Å²) in [6, 6.07) is 14.2. The minimum Gasteiger partial charge on any atom is -0.486 e. The molecule has 0 aliphatic heterocycles. The third-order valence-electron chi connectivity index (χ3n) is 6.16. The lowest BCUT2D eigenvalue weighted by atomic mass is 9.92. The van der Waals surface area contributed by atoms with Crippen LogP contribution in [0.15, 0.2) is 48.5 Å². The van der Waals surface area contributed by atoms with E-state index in [2.05, 4.69) is 4.98 Å². The van der Waals surface area contributed by atoms with Crippen LogP contribution in [0.2, 0.25) is 0 Å². The van der Waals surface area contributed by atoms with Gasteiger partial charge in [-0.3, -0.25) is 19.8 Å². The highest BCUT2D eigenvalue weighted by molar-refractivity contribution is 5.95. The molecule has 3 aromatic rings. The number of aryl methyl sites for hydroxylation is 1. The highest BCUT2D eigenvalue weighted by Crippen LogP contribution is 2.56. The summed E-state index contributed by atoms with van der Waals surface area (Å²) in [5.41, 5.74) is 3.83. The zero-order valence-electron chi connectivity index (χ0n) is 18.8. The summed E-state index contributed by atoms with van der Waals surface area (Å²) in [4.78, 5) is 30.6. The third kappa shape index (κ3) is 4.39. The third-order valence-corrected chi connectivity index (χ3v) is 6.16. The largest absolute Gasteiger partial charge is 0.486 e. The fourth-order valence-corrected chi connectivity index (χ4v) is 4.48. The molecule has 1 aromatic heterocycles. The second-order valence-corrected chi connectivity index (χ2v) is 8.76. The van der Waals surface area contributed by atoms with Gasteiger partial charge in [0.1, 0.15) is 6.61 Å². The molecule has 1 heterocycles. The summed E-state index contributed by atoms with van der Waals surface area (Å²) in [6.07, 6.45) is 0.484. The van der Waals surface area contributed by atoms with Gasteiger partial charge in [-0.1, -0.05) is 24.3 Å². The van der Waals surface area contributed by atoms with Crippen molar-refractivity contribution in [1.82, 2.24) is 15.4 Å². The van der Waals surface area contributed by atoms with E-state index in [9.17, 15) is 14.0 Å². The van der Waals surface area contributed by atoms with Crippen molar-refractivity contribution in [2.24, 2.45) is 11.3 Å². The number of hydroxylamine groups is 1. The zero-order chi connectivity index (χ0) is 23.8. The number of carbonyl (C=O) groups excluding carboxylic acids is 2. The molecule has 2 unspecified atom stereocenters. The van der Waals surface area contributed by atoms with E-state index < -0.39 is 23.1 Å². The first-order valence-corrected chi connectivity index (χ1v) is 10.7. The number of pyridine rings is 1. The lowest BCUT2D eigenvalue weighted by molar-refractivity contribution is -0.139. The fourth-order valence-electron chi connectivity index (χ4n) is 4.48. The van der Waals surface area contributed by atoms with Crippen LogP contribution in [-0.4, -0.2) is 41.0 Å². The van der Waals surface area contributed by atoms with Crippen molar-refractivity contribution in [2.45, 2.75) is 26.4 Å². The number of fused-ring (bicyclic) bond motifs is 1. The number of aromatic nitrogens is 1. The van der Waals surface area contributed by atoms with Gasteiger partial charge in [-0.25, -0.2) is 9.87 Å². The molecular weight excluding hydrogens is 425 g/mol. The summed E-state index contributed by atoms with van der Waals surface area (Å²) in [5, 5.41) is 9.93. The number of hydrogen-bond acceptors (Lipinski definition) is 5. The predicted molar refractivity (Wildman–Crippen MR) is 120 cm³/mol. The molecule has 2 N–H and O–H groups in total. The molecule has 1 aliphatic rings. The highest BCUT2D eigenvalue weighted by Gasteiger charge is 2.63. The van der Waals surface area contributed by atoms with Gasteiger partial charge in [0.25, 0.3) is 0 Å². The van der Waals surface area contributed by atoms with E-state index in [0.29, 0.717) is 12.0 Å². The lowest BCUT2D eigenvalue weighted by Crippen LogP contribution is -2.36. The van der Waals surface area contributed by atoms with Crippen molar-refractivity contribution < 1.29 is 23.9 Å². The van der Waals surface area contributed by atoms with Gasteiger partial charge >= 0.3 is 0 Å². The Balaban J connectivity index is 1.52. The monoisotopic (exact) mass is 451 g/mol. The van der Waals surface area contributed by atoms with E-state index in [1.165, 1.54) is 17.0 Å². The SMILES string of the molecule is Cc1cc(COc2ccc(CC3(C(=O)N(C)C)CC3C(=O)NO)cc2F)c2ccccc2n1. The Morgan fingerprint density at radius 3 is 2.70 bits per heavy atom. The first kappa shape index (κ1) is 22.7. The first-order valence-electron chi connectivity index (χ1n) is 10.7. The summed E-state index contributed by atoms with van der Waals surface area (Å²) in [5.74, 6) is -1.92. The maximum atomic E-state index is 14.9. The van der Waals surface area contributed by atoms with E-state index in [4.69, 9.17) is 9.94 Å². The summed E-state index contributed by atoms with van der Waals surface area (Å²) < 4.78 is 20.6. The van der Waals surface area contributed by atoms with Crippen LogP contribution >= 0.6 is 0 Å². The molecule has 2 aromatic carbocycles. The lowest BCUT2D eigenvalue weighted by Gasteiger charge is -2.21. The maximum Gasteiger partial charge on any atom is 0.247 e. The van der Waals surface area contributed by atoms with E-state index >= 15 is 0 Å². The molecule has 1 saturated carbocycles. The van der Waals surface area contributed by atoms with Gasteiger partial charge < -0.3 is 9.64 Å². The van der Waals surface area contributed by atoms with Crippen LogP contribution in [0.25, 0.3) is 10.9 Å². The summed E-state index contributed by atoms with van der Waals surface area (Å²) in [6.45, 7) is 2.08. The van der Waals surface area contributed by atoms with E-state index in [1.54, 1.807) is 25.6 Å². The Morgan fingerprint density at radius 1 is 1.24 bits per heavy atom. The van der Waals surface area contributed by atoms with Crippen LogP contribution in [0, 0.1) is 24.1 Å². The van der Waals surface area contributed by atoms with E-state index in [1.807, 2.05) is 37.3 Å². The minimum atomic E-state index is -0.987. The van der Waals surface area contributed by atoms with Crippen LogP contribution in [0.3, 0.4) is 0 Å². The molecule has 0 bridgehead atoms. The number of benzene rings is 2. The summed E-state index contributed by atoms with van der Waals surface area (Å²) in [7, 11) is 3.22. The van der Waals surface area contributed by atoms with Crippen LogP contribution in [0.5, 0.6) is 5.75 Å². The number of rotatable bonds is 7. The number of nitrogens with zero attached hydrogens (tertiary/aromatic N) is 2. The number of amides is 2. The van der Waals surface area contributed by atoms with Crippen LogP contribution < -0.4 is 10.2 Å². The topological polar surface area (TPSA) is 91.8 Å². The first-order chi connectivity index (χ1) is 15.7. The Kier molecular flexibility index (Phi) is 6.03. The predicted octanol–water partition coefficient (Wildman–Crippen LogP) is 3.40. The van der Waals surface area contributed by atoms with Crippen molar-refractivity contribution in [3.63, 3.8) is 0 Å². The van der Waals surface area contributed by atoms with Gasteiger partial charge in [0, 0.05) is 30.7 Å². The van der Waals surface area contributed by atoms with Crippen molar-refractivity contribution in [1.29, 1.82) is 0 Å². The molecule has 2 amide bonds. The second-order valence-electron chi connectivity index (χ2n) is 8.76. The molecule has 7 nitrogen and oxygen atoms in total. The van der Waals surface area contributed by atoms with Gasteiger partial charge in [0.2, 0.25) is 11.8 Å². The van der Waals surface area contributed by atoms with Gasteiger partial charge in [0.05, 0.1) is 16.8 Å². The quantitative estimate of drug-likeness (QED) is 0.424. The molecular formula is C25H26FN3O4. The molecule has 33 heavy (non-hydrogen) atoms. The van der Waals surface area contributed by atoms with Crippen LogP contribution in [0.1, 0.15) is 23.2 Å². The number of halogens is 1. The highest BCUT2D eigenvalue weighted by atomic mass is 19.1. The smallest absolute Gasteiger partial charge is 0.247 e. The average Bonchev–Trinajstić information content (AvgIpc) is 3.52. The molecule has 8 heteroatoms. The molecule has 1 aliphatic carbocycles. The van der Waals surface area contributed by atoms with Crippen molar-refractivity contribution in [3.05, 3.63) is 71.2 Å². The standard InChI is InChI=1S/C25H26FN3O4/c1-15-10-17(18-6-4-5-7-21(18)27-15)14-33-22-9-8-16(11-20(22)26)12-25(24(31)29(2)3)13-19(25)23(30)28-32/h4-11,19,32H,12-14H2,1-3H3,(H,28,30). The average molecular weight is 451 g/mol. The molecule has 1 fully saturated rings. The van der Waals surface area contributed by atoms with Crippen LogP contribution in [-0.2, 0) is 22.6 Å². The van der Waals surface area contributed by atoms with E-state index in [-0.39, 0.29) is 24.7 Å². The number of ether oxygens (including phenoxy) is 1. The molecule has 0 radical (unpaired) electrons. The van der Waals surface area contributed by atoms with Gasteiger partial charge in [-0.15, -0.1) is 0 Å². The van der Waals surface area contributed by atoms with Crippen LogP contribution in [0.4, 0.5) is 4.39 Å². The Morgan fingerprint density at radius 2 is 2.00 bits per heavy atom. The maximum absolute atomic E-state index is 14.9. The van der Waals surface area contributed by atoms with Crippen molar-refractivity contribution in [3.8, 4) is 5.75 Å². The van der Waals surface area contributed by atoms with Gasteiger partial charge in [-0.2, -0.15) is 0 Å². The fraction of sp³-hybridized carbons (Fsp3) is 0.320. The second kappa shape index (κ2) is 8.78. The molecule has 0 saturated heterocycles. The molecule has 172 valence electrons. The molecule has 2 atom stereocenters. The Labute approximate surface area is 191 Å². The van der Waals surface area contributed by atoms with Gasteiger partial charge in [-0.05, 0) is 49.6 Å². The number of carbonyl (C=O) groups is 2. The molecule has 0 spiro atoms. The van der Waals surface area contributed by atoms with E-state index in [0.717, 1.165) is 22.2 Å². The number of para-hydroxylation sites is 1. The normalized spacial score (nSPS) is 19.2. The Hall–Kier alpha value is -3.52.